The number of methoxy groups -OCH3 is 1. The van der Waals surface area contributed by atoms with Crippen LogP contribution >= 0.6 is 11.8 Å². The molecule has 0 bridgehead atoms. The molecule has 0 aliphatic rings. The minimum Gasteiger partial charge on any atom is -0.384 e. The first-order valence-corrected chi connectivity index (χ1v) is 6.07. The first-order chi connectivity index (χ1) is 6.68. The molecule has 0 aromatic carbocycles. The third-order valence-electron chi connectivity index (χ3n) is 1.99. The van der Waals surface area contributed by atoms with Crippen LogP contribution in [-0.2, 0) is 4.74 Å². The van der Waals surface area contributed by atoms with Crippen LogP contribution < -0.4 is 5.32 Å². The van der Waals surface area contributed by atoms with E-state index in [1.54, 1.807) is 7.11 Å². The highest BCUT2D eigenvalue weighted by molar-refractivity contribution is 7.99. The van der Waals surface area contributed by atoms with E-state index < -0.39 is 0 Å². The second kappa shape index (κ2) is 8.10. The maximum absolute atomic E-state index is 8.97. The molecular weight excluding hydrogens is 196 g/mol. The van der Waals surface area contributed by atoms with Gasteiger partial charge in [0.2, 0.25) is 0 Å². The van der Waals surface area contributed by atoms with Crippen LogP contribution in [0.5, 0.6) is 0 Å². The highest BCUT2D eigenvalue weighted by Gasteiger charge is 2.21. The van der Waals surface area contributed by atoms with Crippen molar-refractivity contribution in [2.45, 2.75) is 25.8 Å². The minimum absolute atomic E-state index is 0.366. The van der Waals surface area contributed by atoms with Crippen molar-refractivity contribution in [1.82, 2.24) is 5.32 Å². The molecule has 0 aromatic rings. The molecule has 0 amide bonds. The van der Waals surface area contributed by atoms with Crippen LogP contribution in [0.15, 0.2) is 0 Å². The Morgan fingerprint density at radius 3 is 2.71 bits per heavy atom. The van der Waals surface area contributed by atoms with Crippen LogP contribution in [0.4, 0.5) is 0 Å². The van der Waals surface area contributed by atoms with Crippen LogP contribution in [0.1, 0.15) is 20.3 Å². The molecule has 0 saturated heterocycles. The third kappa shape index (κ3) is 6.25. The van der Waals surface area contributed by atoms with Crippen molar-refractivity contribution in [3.05, 3.63) is 0 Å². The molecule has 4 heteroatoms. The van der Waals surface area contributed by atoms with Gasteiger partial charge in [0, 0.05) is 12.9 Å². The lowest BCUT2D eigenvalue weighted by Gasteiger charge is -2.21. The summed E-state index contributed by atoms with van der Waals surface area (Å²) in [5.74, 6) is 2.00. The third-order valence-corrected chi connectivity index (χ3v) is 2.94. The monoisotopic (exact) mass is 216 g/mol. The molecular formula is C10H20N2OS. The van der Waals surface area contributed by atoms with Gasteiger partial charge in [0.1, 0.15) is 5.54 Å². The molecule has 0 aliphatic heterocycles. The van der Waals surface area contributed by atoms with Gasteiger partial charge in [-0.2, -0.15) is 17.0 Å². The summed E-state index contributed by atoms with van der Waals surface area (Å²) in [5, 5.41) is 12.2. The molecule has 1 unspecified atom stereocenters. The van der Waals surface area contributed by atoms with E-state index >= 15 is 0 Å². The average molecular weight is 216 g/mol. The molecule has 0 aliphatic carbocycles. The van der Waals surface area contributed by atoms with Crippen molar-refractivity contribution in [3.63, 3.8) is 0 Å². The standard InChI is InChI=1S/C10H20N2OS/c1-4-12-10(2,9-11)5-7-14-8-6-13-3/h12H,4-8H2,1-3H3. The Balaban J connectivity index is 3.58. The van der Waals surface area contributed by atoms with Crippen molar-refractivity contribution in [3.8, 4) is 6.07 Å². The van der Waals surface area contributed by atoms with E-state index in [0.29, 0.717) is 0 Å². The van der Waals surface area contributed by atoms with Crippen molar-refractivity contribution >= 4 is 11.8 Å². The van der Waals surface area contributed by atoms with Gasteiger partial charge in [-0.05, 0) is 25.6 Å². The van der Waals surface area contributed by atoms with Gasteiger partial charge in [0.25, 0.3) is 0 Å². The Labute approximate surface area is 91.2 Å². The summed E-state index contributed by atoms with van der Waals surface area (Å²) in [5.41, 5.74) is -0.366. The summed E-state index contributed by atoms with van der Waals surface area (Å²) in [6, 6.07) is 2.31. The van der Waals surface area contributed by atoms with Gasteiger partial charge in [0.05, 0.1) is 12.7 Å². The van der Waals surface area contributed by atoms with Gasteiger partial charge >= 0.3 is 0 Å². The second-order valence-corrected chi connectivity index (χ2v) is 4.55. The summed E-state index contributed by atoms with van der Waals surface area (Å²) in [4.78, 5) is 0. The fraction of sp³-hybridized carbons (Fsp3) is 0.900. The Bertz CT molecular complexity index is 181. The van der Waals surface area contributed by atoms with Crippen molar-refractivity contribution in [2.24, 2.45) is 0 Å². The summed E-state index contributed by atoms with van der Waals surface area (Å²) in [6.45, 7) is 5.60. The van der Waals surface area contributed by atoms with Crippen LogP contribution in [0, 0.1) is 11.3 Å². The predicted molar refractivity (Wildman–Crippen MR) is 61.5 cm³/mol. The van der Waals surface area contributed by atoms with Gasteiger partial charge in [-0.15, -0.1) is 0 Å². The number of thioether (sulfide) groups is 1. The normalized spacial score (nSPS) is 14.7. The molecule has 0 fully saturated rings. The van der Waals surface area contributed by atoms with E-state index in [-0.39, 0.29) is 5.54 Å². The Morgan fingerprint density at radius 2 is 2.21 bits per heavy atom. The summed E-state index contributed by atoms with van der Waals surface area (Å²) < 4.78 is 4.95. The summed E-state index contributed by atoms with van der Waals surface area (Å²) >= 11 is 1.83. The topological polar surface area (TPSA) is 45.0 Å². The Morgan fingerprint density at radius 1 is 1.50 bits per heavy atom. The number of rotatable bonds is 8. The lowest BCUT2D eigenvalue weighted by molar-refractivity contribution is 0.218. The largest absolute Gasteiger partial charge is 0.384 e. The number of ether oxygens (including phenoxy) is 1. The lowest BCUT2D eigenvalue weighted by atomic mass is 10.0. The first kappa shape index (κ1) is 13.8. The van der Waals surface area contributed by atoms with Gasteiger partial charge in [0.15, 0.2) is 0 Å². The second-order valence-electron chi connectivity index (χ2n) is 3.33. The molecule has 0 aromatic heterocycles. The average Bonchev–Trinajstić information content (AvgIpc) is 2.18. The Kier molecular flexibility index (Phi) is 7.96. The van der Waals surface area contributed by atoms with Crippen LogP contribution in [0.3, 0.4) is 0 Å². The molecule has 0 saturated carbocycles. The highest BCUT2D eigenvalue weighted by Crippen LogP contribution is 2.13. The molecule has 1 atom stereocenters. The maximum Gasteiger partial charge on any atom is 0.104 e. The molecule has 82 valence electrons. The van der Waals surface area contributed by atoms with Gasteiger partial charge in [-0.25, -0.2) is 0 Å². The van der Waals surface area contributed by atoms with Crippen molar-refractivity contribution in [1.29, 1.82) is 5.26 Å². The van der Waals surface area contributed by atoms with Gasteiger partial charge < -0.3 is 4.74 Å². The SMILES string of the molecule is CCNC(C)(C#N)CCSCCOC. The van der Waals surface area contributed by atoms with E-state index in [4.69, 9.17) is 10.00 Å². The molecule has 0 heterocycles. The first-order valence-electron chi connectivity index (χ1n) is 4.91. The quantitative estimate of drug-likeness (QED) is 0.627. The fourth-order valence-electron chi connectivity index (χ4n) is 1.09. The zero-order valence-corrected chi connectivity index (χ0v) is 10.1. The van der Waals surface area contributed by atoms with Crippen molar-refractivity contribution < 1.29 is 4.74 Å². The summed E-state index contributed by atoms with van der Waals surface area (Å²) in [7, 11) is 1.71. The minimum atomic E-state index is -0.366. The van der Waals surface area contributed by atoms with E-state index in [2.05, 4.69) is 11.4 Å². The lowest BCUT2D eigenvalue weighted by Crippen LogP contribution is -2.41. The van der Waals surface area contributed by atoms with E-state index in [1.807, 2.05) is 25.6 Å². The van der Waals surface area contributed by atoms with Crippen molar-refractivity contribution in [2.75, 3.05) is 31.8 Å². The molecule has 14 heavy (non-hydrogen) atoms. The number of hydrogen-bond acceptors (Lipinski definition) is 4. The smallest absolute Gasteiger partial charge is 0.104 e. The van der Waals surface area contributed by atoms with E-state index in [0.717, 1.165) is 31.1 Å². The molecule has 0 spiro atoms. The number of nitrogens with one attached hydrogen (secondary N) is 1. The Hall–Kier alpha value is -0.240. The molecule has 0 radical (unpaired) electrons. The molecule has 0 rings (SSSR count). The molecule has 1 N–H and O–H groups in total. The predicted octanol–water partition coefficient (Wildman–Crippen LogP) is 1.65. The van der Waals surface area contributed by atoms with Gasteiger partial charge in [-0.1, -0.05) is 6.92 Å². The van der Waals surface area contributed by atoms with Crippen LogP contribution in [0.2, 0.25) is 0 Å². The number of nitriles is 1. The summed E-state index contributed by atoms with van der Waals surface area (Å²) in [6.07, 6.45) is 0.881. The van der Waals surface area contributed by atoms with Crippen LogP contribution in [-0.4, -0.2) is 37.3 Å². The fourth-order valence-corrected chi connectivity index (χ4v) is 2.14. The zero-order valence-electron chi connectivity index (χ0n) is 9.30. The van der Waals surface area contributed by atoms with Crippen LogP contribution in [0.25, 0.3) is 0 Å². The number of hydrogen-bond donors (Lipinski definition) is 1. The van der Waals surface area contributed by atoms with E-state index in [1.165, 1.54) is 0 Å². The zero-order chi connectivity index (χ0) is 10.9. The highest BCUT2D eigenvalue weighted by atomic mass is 32.2. The number of nitrogens with zero attached hydrogens (tertiary/aromatic N) is 1. The van der Waals surface area contributed by atoms with E-state index in [9.17, 15) is 0 Å². The maximum atomic E-state index is 8.97. The molecule has 3 nitrogen and oxygen atoms in total. The van der Waals surface area contributed by atoms with Gasteiger partial charge in [-0.3, -0.25) is 5.32 Å².